The van der Waals surface area contributed by atoms with E-state index in [-0.39, 0.29) is 1.43 Å². The third kappa shape index (κ3) is 2.21. The van der Waals surface area contributed by atoms with Crippen LogP contribution >= 0.6 is 0 Å². The Morgan fingerprint density at radius 1 is 1.40 bits per heavy atom. The number of nitrogens with zero attached hydrogens (tertiary/aromatic N) is 1. The van der Waals surface area contributed by atoms with E-state index in [0.717, 1.165) is 12.1 Å². The van der Waals surface area contributed by atoms with E-state index in [2.05, 4.69) is 37.9 Å². The molecule has 1 saturated carbocycles. The quantitative estimate of drug-likeness (QED) is 0.770. The summed E-state index contributed by atoms with van der Waals surface area (Å²) in [5, 5.41) is 3.76. The maximum atomic E-state index is 3.76. The van der Waals surface area contributed by atoms with Crippen LogP contribution in [0.5, 0.6) is 0 Å². The van der Waals surface area contributed by atoms with E-state index in [1.54, 1.807) is 0 Å². The molecule has 0 aromatic carbocycles. The van der Waals surface area contributed by atoms with Crippen LogP contribution in [0, 0.1) is 5.41 Å². The van der Waals surface area contributed by atoms with Crippen molar-refractivity contribution in [2.75, 3.05) is 13.1 Å². The first-order chi connectivity index (χ1) is 7.07. The van der Waals surface area contributed by atoms with Crippen molar-refractivity contribution in [2.45, 2.75) is 65.1 Å². The van der Waals surface area contributed by atoms with E-state index < -0.39 is 0 Å². The Kier molecular flexibility index (Phi) is 3.09. The minimum absolute atomic E-state index is 0. The first-order valence-electron chi connectivity index (χ1n) is 6.57. The summed E-state index contributed by atoms with van der Waals surface area (Å²) in [5.41, 5.74) is 0.660. The van der Waals surface area contributed by atoms with Crippen LogP contribution in [0.25, 0.3) is 0 Å². The van der Waals surface area contributed by atoms with Gasteiger partial charge in [0.1, 0.15) is 0 Å². The molecule has 2 fully saturated rings. The van der Waals surface area contributed by atoms with Gasteiger partial charge in [0.25, 0.3) is 0 Å². The van der Waals surface area contributed by atoms with Crippen LogP contribution in [0.2, 0.25) is 0 Å². The Morgan fingerprint density at radius 3 is 2.53 bits per heavy atom. The highest BCUT2D eigenvalue weighted by Gasteiger charge is 2.55. The molecular formula is C13H28N2. The Labute approximate surface area is 95.9 Å². The van der Waals surface area contributed by atoms with Crippen LogP contribution in [0.1, 0.15) is 48.4 Å². The molecule has 1 saturated heterocycles. The van der Waals surface area contributed by atoms with Crippen molar-refractivity contribution < 1.29 is 1.43 Å². The molecule has 1 spiro atoms. The summed E-state index contributed by atoms with van der Waals surface area (Å²) in [6.45, 7) is 11.8. The Morgan fingerprint density at radius 2 is 2.07 bits per heavy atom. The Balaban J connectivity index is 0.00000128. The molecular weight excluding hydrogens is 184 g/mol. The predicted molar refractivity (Wildman–Crippen MR) is 67.2 cm³/mol. The van der Waals surface area contributed by atoms with Crippen molar-refractivity contribution in [3.8, 4) is 0 Å². The highest BCUT2D eigenvalue weighted by Crippen LogP contribution is 2.53. The van der Waals surface area contributed by atoms with Crippen LogP contribution < -0.4 is 5.32 Å². The van der Waals surface area contributed by atoms with E-state index in [0.29, 0.717) is 11.5 Å². The highest BCUT2D eigenvalue weighted by atomic mass is 15.2. The number of nitrogens with one attached hydrogen (secondary N) is 1. The largest absolute Gasteiger partial charge is 0.310 e. The van der Waals surface area contributed by atoms with E-state index in [4.69, 9.17) is 0 Å². The molecule has 2 atom stereocenters. The zero-order valence-electron chi connectivity index (χ0n) is 10.7. The van der Waals surface area contributed by atoms with Crippen molar-refractivity contribution in [3.63, 3.8) is 0 Å². The molecule has 0 radical (unpaired) electrons. The van der Waals surface area contributed by atoms with E-state index in [1.165, 1.54) is 32.4 Å². The fourth-order valence-electron chi connectivity index (χ4n) is 2.90. The van der Waals surface area contributed by atoms with Crippen LogP contribution in [-0.4, -0.2) is 36.1 Å². The second-order valence-corrected chi connectivity index (χ2v) is 5.92. The minimum Gasteiger partial charge on any atom is -0.310 e. The molecule has 0 amide bonds. The van der Waals surface area contributed by atoms with Crippen LogP contribution in [0.4, 0.5) is 0 Å². The molecule has 1 N–H and O–H groups in total. The molecule has 0 aromatic rings. The van der Waals surface area contributed by atoms with Gasteiger partial charge in [-0.15, -0.1) is 0 Å². The monoisotopic (exact) mass is 212 g/mol. The number of hydrogen-bond donors (Lipinski definition) is 1. The van der Waals surface area contributed by atoms with Crippen LogP contribution in [0.15, 0.2) is 0 Å². The van der Waals surface area contributed by atoms with Gasteiger partial charge < -0.3 is 5.32 Å². The molecule has 90 valence electrons. The zero-order valence-corrected chi connectivity index (χ0v) is 10.7. The first kappa shape index (κ1) is 11.4. The fraction of sp³-hybridized carbons (Fsp3) is 1.00. The highest BCUT2D eigenvalue weighted by molar-refractivity contribution is 5.10. The summed E-state index contributed by atoms with van der Waals surface area (Å²) in [7, 11) is 0. The van der Waals surface area contributed by atoms with Crippen molar-refractivity contribution >= 4 is 0 Å². The molecule has 2 nitrogen and oxygen atoms in total. The summed E-state index contributed by atoms with van der Waals surface area (Å²) in [4.78, 5) is 2.69. The van der Waals surface area contributed by atoms with Crippen LogP contribution in [-0.2, 0) is 0 Å². The van der Waals surface area contributed by atoms with Crippen molar-refractivity contribution in [3.05, 3.63) is 0 Å². The molecule has 0 bridgehead atoms. The van der Waals surface area contributed by atoms with E-state index in [1.807, 2.05) is 0 Å². The van der Waals surface area contributed by atoms with Gasteiger partial charge in [0.05, 0.1) is 0 Å². The van der Waals surface area contributed by atoms with Gasteiger partial charge in [-0.05, 0) is 31.6 Å². The van der Waals surface area contributed by atoms with Crippen molar-refractivity contribution in [1.82, 2.24) is 10.2 Å². The van der Waals surface area contributed by atoms with E-state index >= 15 is 0 Å². The van der Waals surface area contributed by atoms with Crippen molar-refractivity contribution in [2.24, 2.45) is 5.41 Å². The summed E-state index contributed by atoms with van der Waals surface area (Å²) >= 11 is 0. The zero-order chi connectivity index (χ0) is 11.1. The normalized spacial score (nSPS) is 31.4. The van der Waals surface area contributed by atoms with Crippen molar-refractivity contribution in [1.29, 1.82) is 0 Å². The van der Waals surface area contributed by atoms with E-state index in [9.17, 15) is 0 Å². The van der Waals surface area contributed by atoms with Gasteiger partial charge >= 0.3 is 0 Å². The average Bonchev–Trinajstić information content (AvgIpc) is 2.85. The third-order valence-electron chi connectivity index (χ3n) is 4.32. The van der Waals surface area contributed by atoms with Gasteiger partial charge in [-0.25, -0.2) is 0 Å². The summed E-state index contributed by atoms with van der Waals surface area (Å²) in [6, 6.07) is 2.15. The maximum absolute atomic E-state index is 3.76. The third-order valence-corrected chi connectivity index (χ3v) is 4.32. The SMILES string of the molecule is CCC(C)N1CC(NC(C)C)C2(CC2)C1.[HH]. The average molecular weight is 212 g/mol. The summed E-state index contributed by atoms with van der Waals surface area (Å²) in [6.07, 6.45) is 4.18. The maximum Gasteiger partial charge on any atom is 0.0266 e. The Hall–Kier alpha value is -0.0800. The van der Waals surface area contributed by atoms with Gasteiger partial charge in [-0.2, -0.15) is 0 Å². The number of likely N-dealkylation sites (tertiary alicyclic amines) is 1. The molecule has 2 aliphatic rings. The molecule has 2 heteroatoms. The van der Waals surface area contributed by atoms with Gasteiger partial charge in [0, 0.05) is 32.6 Å². The molecule has 15 heavy (non-hydrogen) atoms. The topological polar surface area (TPSA) is 15.3 Å². The van der Waals surface area contributed by atoms with Gasteiger partial charge in [0.2, 0.25) is 0 Å². The summed E-state index contributed by atoms with van der Waals surface area (Å²) < 4.78 is 0. The van der Waals surface area contributed by atoms with Crippen LogP contribution in [0.3, 0.4) is 0 Å². The molecule has 2 rings (SSSR count). The fourth-order valence-corrected chi connectivity index (χ4v) is 2.90. The lowest BCUT2D eigenvalue weighted by atomic mass is 10.0. The molecule has 2 unspecified atom stereocenters. The minimum atomic E-state index is 0. The lowest BCUT2D eigenvalue weighted by Gasteiger charge is -2.23. The lowest BCUT2D eigenvalue weighted by molar-refractivity contribution is 0.239. The van der Waals surface area contributed by atoms with Gasteiger partial charge in [-0.3, -0.25) is 4.90 Å². The summed E-state index contributed by atoms with van der Waals surface area (Å²) in [5.74, 6) is 0. The lowest BCUT2D eigenvalue weighted by Crippen LogP contribution is -2.42. The standard InChI is InChI=1S/C13H26N2.H2/c1-5-11(4)15-8-12(14-10(2)3)13(9-15)6-7-13;/h10-12,14H,5-9H2,1-4H3;1H. The molecule has 0 aromatic heterocycles. The number of rotatable bonds is 4. The Bertz CT molecular complexity index is 226. The van der Waals surface area contributed by atoms with Gasteiger partial charge in [-0.1, -0.05) is 20.8 Å². The molecule has 1 heterocycles. The smallest absolute Gasteiger partial charge is 0.0266 e. The van der Waals surface area contributed by atoms with Gasteiger partial charge in [0.15, 0.2) is 0 Å². The number of hydrogen-bond acceptors (Lipinski definition) is 2. The second-order valence-electron chi connectivity index (χ2n) is 5.92. The predicted octanol–water partition coefficient (Wildman–Crippen LogP) is 2.49. The first-order valence-corrected chi connectivity index (χ1v) is 6.57. The molecule has 1 aliphatic heterocycles. The second kappa shape index (κ2) is 4.06. The molecule has 1 aliphatic carbocycles.